The SMILES string of the molecule is COc1ccc(F)cc1C(C)NCc1scnc1C. The molecule has 1 N–H and O–H groups in total. The van der Waals surface area contributed by atoms with Gasteiger partial charge in [0.05, 0.1) is 18.3 Å². The van der Waals surface area contributed by atoms with Crippen molar-refractivity contribution >= 4 is 11.3 Å². The van der Waals surface area contributed by atoms with Crippen LogP contribution in [0.1, 0.15) is 29.1 Å². The molecule has 2 rings (SSSR count). The molecular formula is C14H17FN2OS. The highest BCUT2D eigenvalue weighted by Crippen LogP contribution is 2.26. The highest BCUT2D eigenvalue weighted by atomic mass is 32.1. The summed E-state index contributed by atoms with van der Waals surface area (Å²) in [5.41, 5.74) is 3.69. The van der Waals surface area contributed by atoms with Gasteiger partial charge in [-0.1, -0.05) is 0 Å². The fourth-order valence-corrected chi connectivity index (χ4v) is 2.62. The highest BCUT2D eigenvalue weighted by Gasteiger charge is 2.13. The van der Waals surface area contributed by atoms with E-state index in [1.807, 2.05) is 19.4 Å². The lowest BCUT2D eigenvalue weighted by molar-refractivity contribution is 0.400. The van der Waals surface area contributed by atoms with Gasteiger partial charge in [0, 0.05) is 23.0 Å². The number of hydrogen-bond acceptors (Lipinski definition) is 4. The van der Waals surface area contributed by atoms with Crippen LogP contribution in [0.15, 0.2) is 23.7 Å². The van der Waals surface area contributed by atoms with Crippen LogP contribution in [0.3, 0.4) is 0 Å². The van der Waals surface area contributed by atoms with Crippen molar-refractivity contribution in [3.05, 3.63) is 45.7 Å². The Hall–Kier alpha value is -1.46. The van der Waals surface area contributed by atoms with Gasteiger partial charge < -0.3 is 10.1 Å². The molecule has 3 nitrogen and oxygen atoms in total. The van der Waals surface area contributed by atoms with Gasteiger partial charge >= 0.3 is 0 Å². The summed E-state index contributed by atoms with van der Waals surface area (Å²) >= 11 is 1.62. The summed E-state index contributed by atoms with van der Waals surface area (Å²) < 4.78 is 18.6. The van der Waals surface area contributed by atoms with E-state index in [4.69, 9.17) is 4.74 Å². The molecule has 102 valence electrons. The normalized spacial score (nSPS) is 12.4. The Morgan fingerprint density at radius 1 is 1.47 bits per heavy atom. The lowest BCUT2D eigenvalue weighted by atomic mass is 10.1. The Kier molecular flexibility index (Phi) is 4.50. The number of benzene rings is 1. The molecule has 2 aromatic rings. The van der Waals surface area contributed by atoms with E-state index in [0.717, 1.165) is 17.8 Å². The quantitative estimate of drug-likeness (QED) is 0.911. The molecule has 0 saturated carbocycles. The van der Waals surface area contributed by atoms with Crippen LogP contribution in [0.5, 0.6) is 5.75 Å². The van der Waals surface area contributed by atoms with Crippen molar-refractivity contribution in [1.29, 1.82) is 0 Å². The van der Waals surface area contributed by atoms with E-state index in [1.54, 1.807) is 24.5 Å². The second-order valence-corrected chi connectivity index (χ2v) is 5.29. The third kappa shape index (κ3) is 3.30. The van der Waals surface area contributed by atoms with Crippen LogP contribution >= 0.6 is 11.3 Å². The van der Waals surface area contributed by atoms with Crippen LogP contribution in [-0.2, 0) is 6.54 Å². The maximum atomic E-state index is 13.3. The summed E-state index contributed by atoms with van der Waals surface area (Å²) in [6.45, 7) is 4.70. The van der Waals surface area contributed by atoms with Gasteiger partial charge in [-0.25, -0.2) is 9.37 Å². The predicted octanol–water partition coefficient (Wildman–Crippen LogP) is 3.45. The Balaban J connectivity index is 2.09. The molecule has 0 saturated heterocycles. The molecule has 0 bridgehead atoms. The third-order valence-electron chi connectivity index (χ3n) is 3.07. The van der Waals surface area contributed by atoms with Gasteiger partial charge in [-0.3, -0.25) is 0 Å². The molecule has 0 fully saturated rings. The molecule has 0 radical (unpaired) electrons. The number of methoxy groups -OCH3 is 1. The largest absolute Gasteiger partial charge is 0.496 e. The van der Waals surface area contributed by atoms with E-state index < -0.39 is 0 Å². The van der Waals surface area contributed by atoms with Crippen LogP contribution < -0.4 is 10.1 Å². The van der Waals surface area contributed by atoms with Crippen molar-refractivity contribution in [2.75, 3.05) is 7.11 Å². The topological polar surface area (TPSA) is 34.1 Å². The second kappa shape index (κ2) is 6.12. The molecule has 1 aromatic carbocycles. The molecule has 0 aliphatic carbocycles. The van der Waals surface area contributed by atoms with Crippen molar-refractivity contribution < 1.29 is 9.13 Å². The fraction of sp³-hybridized carbons (Fsp3) is 0.357. The molecule has 0 aliphatic heterocycles. The zero-order chi connectivity index (χ0) is 13.8. The van der Waals surface area contributed by atoms with E-state index in [1.165, 1.54) is 17.0 Å². The zero-order valence-corrected chi connectivity index (χ0v) is 12.1. The monoisotopic (exact) mass is 280 g/mol. The summed E-state index contributed by atoms with van der Waals surface area (Å²) in [6.07, 6.45) is 0. The molecule has 5 heteroatoms. The molecule has 1 unspecified atom stereocenters. The minimum atomic E-state index is -0.251. The lowest BCUT2D eigenvalue weighted by Gasteiger charge is -2.17. The lowest BCUT2D eigenvalue weighted by Crippen LogP contribution is -2.18. The van der Waals surface area contributed by atoms with Crippen LogP contribution in [0.25, 0.3) is 0 Å². The third-order valence-corrected chi connectivity index (χ3v) is 4.01. The average Bonchev–Trinajstić information content (AvgIpc) is 2.81. The molecule has 0 amide bonds. The summed E-state index contributed by atoms with van der Waals surface area (Å²) in [7, 11) is 1.59. The summed E-state index contributed by atoms with van der Waals surface area (Å²) in [6, 6.07) is 4.58. The molecular weight excluding hydrogens is 263 g/mol. The van der Waals surface area contributed by atoms with Gasteiger partial charge in [0.25, 0.3) is 0 Å². The minimum absolute atomic E-state index is 0.00662. The standard InChI is InChI=1S/C14H17FN2OS/c1-9(16-7-14-10(2)17-8-19-14)12-6-11(15)4-5-13(12)18-3/h4-6,8-9,16H,7H2,1-3H3. The van der Waals surface area contributed by atoms with Gasteiger partial charge in [0.1, 0.15) is 11.6 Å². The van der Waals surface area contributed by atoms with Gasteiger partial charge in [-0.2, -0.15) is 0 Å². The van der Waals surface area contributed by atoms with E-state index in [-0.39, 0.29) is 11.9 Å². The minimum Gasteiger partial charge on any atom is -0.496 e. The van der Waals surface area contributed by atoms with Crippen molar-refractivity contribution in [2.24, 2.45) is 0 Å². The highest BCUT2D eigenvalue weighted by molar-refractivity contribution is 7.09. The Morgan fingerprint density at radius 3 is 2.89 bits per heavy atom. The number of aromatic nitrogens is 1. The van der Waals surface area contributed by atoms with Gasteiger partial charge in [-0.15, -0.1) is 11.3 Å². The van der Waals surface area contributed by atoms with Crippen molar-refractivity contribution in [2.45, 2.75) is 26.4 Å². The first-order chi connectivity index (χ1) is 9.11. The van der Waals surface area contributed by atoms with E-state index in [2.05, 4.69) is 10.3 Å². The summed E-state index contributed by atoms with van der Waals surface area (Å²) in [4.78, 5) is 5.41. The zero-order valence-electron chi connectivity index (χ0n) is 11.2. The van der Waals surface area contributed by atoms with Crippen LogP contribution in [-0.4, -0.2) is 12.1 Å². The van der Waals surface area contributed by atoms with E-state index >= 15 is 0 Å². The van der Waals surface area contributed by atoms with Gasteiger partial charge in [0.2, 0.25) is 0 Å². The van der Waals surface area contributed by atoms with E-state index in [9.17, 15) is 4.39 Å². The number of nitrogens with one attached hydrogen (secondary N) is 1. The van der Waals surface area contributed by atoms with Crippen molar-refractivity contribution in [3.63, 3.8) is 0 Å². The number of halogens is 1. The molecule has 0 aliphatic rings. The first-order valence-corrected chi connectivity index (χ1v) is 6.95. The Morgan fingerprint density at radius 2 is 2.26 bits per heavy atom. The molecule has 1 aromatic heterocycles. The molecule has 1 heterocycles. The van der Waals surface area contributed by atoms with Crippen LogP contribution in [0, 0.1) is 12.7 Å². The number of rotatable bonds is 5. The summed E-state index contributed by atoms with van der Waals surface area (Å²) in [5, 5.41) is 3.37. The number of ether oxygens (including phenoxy) is 1. The first-order valence-electron chi connectivity index (χ1n) is 6.07. The van der Waals surface area contributed by atoms with Gasteiger partial charge in [-0.05, 0) is 32.0 Å². The summed E-state index contributed by atoms with van der Waals surface area (Å²) in [5.74, 6) is 0.445. The number of nitrogens with zero attached hydrogens (tertiary/aromatic N) is 1. The number of hydrogen-bond donors (Lipinski definition) is 1. The van der Waals surface area contributed by atoms with Crippen molar-refractivity contribution in [3.8, 4) is 5.75 Å². The van der Waals surface area contributed by atoms with Crippen LogP contribution in [0.4, 0.5) is 4.39 Å². The maximum Gasteiger partial charge on any atom is 0.123 e. The van der Waals surface area contributed by atoms with Crippen LogP contribution in [0.2, 0.25) is 0 Å². The second-order valence-electron chi connectivity index (χ2n) is 4.35. The average molecular weight is 280 g/mol. The maximum absolute atomic E-state index is 13.3. The number of aryl methyl sites for hydroxylation is 1. The number of thiazole rings is 1. The first kappa shape index (κ1) is 14.0. The molecule has 1 atom stereocenters. The van der Waals surface area contributed by atoms with Gasteiger partial charge in [0.15, 0.2) is 0 Å². The fourth-order valence-electron chi connectivity index (χ4n) is 1.90. The molecule has 0 spiro atoms. The smallest absolute Gasteiger partial charge is 0.123 e. The Bertz CT molecular complexity index is 556. The molecule has 19 heavy (non-hydrogen) atoms. The predicted molar refractivity (Wildman–Crippen MR) is 75.1 cm³/mol. The van der Waals surface area contributed by atoms with Crippen molar-refractivity contribution in [1.82, 2.24) is 10.3 Å². The van der Waals surface area contributed by atoms with E-state index in [0.29, 0.717) is 5.75 Å². The Labute approximate surface area is 116 Å².